The van der Waals surface area contributed by atoms with Gasteiger partial charge in [-0.25, -0.2) is 0 Å². The fourth-order valence-corrected chi connectivity index (χ4v) is 5.30. The highest BCUT2D eigenvalue weighted by Gasteiger charge is 2.51. The summed E-state index contributed by atoms with van der Waals surface area (Å²) in [5.41, 5.74) is 7.55. The smallest absolute Gasteiger partial charge is 0.237 e. The van der Waals surface area contributed by atoms with Gasteiger partial charge in [-0.3, -0.25) is 9.69 Å². The molecule has 0 aliphatic carbocycles. The van der Waals surface area contributed by atoms with Gasteiger partial charge in [-0.05, 0) is 43.4 Å². The van der Waals surface area contributed by atoms with Crippen molar-refractivity contribution in [1.29, 1.82) is 0 Å². The van der Waals surface area contributed by atoms with E-state index in [0.717, 1.165) is 17.5 Å². The lowest BCUT2D eigenvalue weighted by Gasteiger charge is -2.55. The van der Waals surface area contributed by atoms with E-state index in [1.807, 2.05) is 36.4 Å². The van der Waals surface area contributed by atoms with Crippen LogP contribution in [0.4, 0.5) is 0 Å². The highest BCUT2D eigenvalue weighted by molar-refractivity contribution is 6.35. The van der Waals surface area contributed by atoms with Gasteiger partial charge in [0.15, 0.2) is 0 Å². The van der Waals surface area contributed by atoms with Crippen molar-refractivity contribution in [2.75, 3.05) is 6.54 Å². The zero-order valence-corrected chi connectivity index (χ0v) is 20.4. The van der Waals surface area contributed by atoms with Crippen LogP contribution < -0.4 is 5.73 Å². The average molecular weight is 463 g/mol. The molecule has 0 saturated carbocycles. The molecular formula is C25H32Cl2N2O2. The number of nitrogens with zero attached hydrogens (tertiary/aromatic N) is 1. The maximum absolute atomic E-state index is 12.4. The number of ether oxygens (including phenoxy) is 1. The summed E-state index contributed by atoms with van der Waals surface area (Å²) in [4.78, 5) is 14.6. The fourth-order valence-electron chi connectivity index (χ4n) is 4.80. The summed E-state index contributed by atoms with van der Waals surface area (Å²) in [6.45, 7) is 11.6. The molecule has 31 heavy (non-hydrogen) atoms. The van der Waals surface area contributed by atoms with Crippen LogP contribution in [0.1, 0.15) is 58.3 Å². The second-order valence-electron chi connectivity index (χ2n) is 10.2. The molecular weight excluding hydrogens is 431 g/mol. The summed E-state index contributed by atoms with van der Waals surface area (Å²) < 4.78 is 6.54. The number of hydrogen-bond acceptors (Lipinski definition) is 3. The number of likely N-dealkylation sites (tertiary alicyclic amines) is 1. The summed E-state index contributed by atoms with van der Waals surface area (Å²) >= 11 is 12.6. The standard InChI is InChI=1S/C25H32Cl2N2O2/c1-24(2,3)15-25(4,5)29-14-20(21(29)23(28)30)31-22(16-9-7-6-8-10-16)18-12-11-17(26)13-19(18)27/h6-13,20-22H,14-15H2,1-5H3,(H2,28,30). The Hall–Kier alpha value is -1.59. The molecule has 168 valence electrons. The summed E-state index contributed by atoms with van der Waals surface area (Å²) in [6, 6.07) is 14.8. The van der Waals surface area contributed by atoms with E-state index in [4.69, 9.17) is 33.7 Å². The average Bonchev–Trinajstić information content (AvgIpc) is 2.60. The van der Waals surface area contributed by atoms with E-state index < -0.39 is 12.1 Å². The minimum atomic E-state index is -0.491. The van der Waals surface area contributed by atoms with Gasteiger partial charge in [0.05, 0.1) is 6.10 Å². The van der Waals surface area contributed by atoms with Gasteiger partial charge in [0.25, 0.3) is 0 Å². The third kappa shape index (κ3) is 5.61. The van der Waals surface area contributed by atoms with Crippen LogP contribution in [0.25, 0.3) is 0 Å². The lowest BCUT2D eigenvalue weighted by Crippen LogP contribution is -2.72. The van der Waals surface area contributed by atoms with Crippen molar-refractivity contribution in [3.05, 3.63) is 69.7 Å². The van der Waals surface area contributed by atoms with Crippen LogP contribution in [-0.4, -0.2) is 35.0 Å². The number of primary amides is 1. The van der Waals surface area contributed by atoms with E-state index >= 15 is 0 Å². The van der Waals surface area contributed by atoms with Gasteiger partial charge >= 0.3 is 0 Å². The minimum Gasteiger partial charge on any atom is -0.368 e. The first kappa shape index (κ1) is 24.1. The molecule has 0 aromatic heterocycles. The predicted octanol–water partition coefficient (Wildman–Crippen LogP) is 5.85. The first-order chi connectivity index (χ1) is 14.4. The third-order valence-corrected chi connectivity index (χ3v) is 6.32. The molecule has 2 N–H and O–H groups in total. The molecule has 1 fully saturated rings. The van der Waals surface area contributed by atoms with Crippen LogP contribution in [0.15, 0.2) is 48.5 Å². The van der Waals surface area contributed by atoms with Crippen LogP contribution in [0.3, 0.4) is 0 Å². The van der Waals surface area contributed by atoms with Crippen LogP contribution in [0.2, 0.25) is 10.0 Å². The monoisotopic (exact) mass is 462 g/mol. The highest BCUT2D eigenvalue weighted by Crippen LogP contribution is 2.41. The summed E-state index contributed by atoms with van der Waals surface area (Å²) in [5, 5.41) is 1.09. The normalized spacial score (nSPS) is 20.9. The predicted molar refractivity (Wildman–Crippen MR) is 127 cm³/mol. The molecule has 0 bridgehead atoms. The molecule has 0 radical (unpaired) electrons. The van der Waals surface area contributed by atoms with Crippen LogP contribution in [0, 0.1) is 5.41 Å². The zero-order valence-electron chi connectivity index (χ0n) is 18.9. The summed E-state index contributed by atoms with van der Waals surface area (Å²) in [6.07, 6.45) is 0.182. The lowest BCUT2D eigenvalue weighted by atomic mass is 9.77. The van der Waals surface area contributed by atoms with E-state index in [9.17, 15) is 4.79 Å². The second kappa shape index (κ2) is 9.11. The van der Waals surface area contributed by atoms with Crippen molar-refractivity contribution in [3.63, 3.8) is 0 Å². The van der Waals surface area contributed by atoms with Crippen LogP contribution in [0.5, 0.6) is 0 Å². The highest BCUT2D eigenvalue weighted by atomic mass is 35.5. The molecule has 2 aromatic carbocycles. The van der Waals surface area contributed by atoms with Crippen molar-refractivity contribution in [3.8, 4) is 0 Å². The van der Waals surface area contributed by atoms with Gasteiger partial charge in [-0.1, -0.05) is 80.4 Å². The Morgan fingerprint density at radius 3 is 2.32 bits per heavy atom. The number of carbonyl (C=O) groups is 1. The molecule has 3 rings (SSSR count). The molecule has 0 spiro atoms. The molecule has 1 amide bonds. The van der Waals surface area contributed by atoms with Crippen molar-refractivity contribution in [2.24, 2.45) is 11.1 Å². The molecule has 1 heterocycles. The van der Waals surface area contributed by atoms with Gasteiger partial charge in [-0.2, -0.15) is 0 Å². The first-order valence-corrected chi connectivity index (χ1v) is 11.4. The van der Waals surface area contributed by atoms with Gasteiger partial charge < -0.3 is 10.5 Å². The van der Waals surface area contributed by atoms with Crippen molar-refractivity contribution < 1.29 is 9.53 Å². The molecule has 1 aliphatic rings. The number of carbonyl (C=O) groups excluding carboxylic acids is 1. The van der Waals surface area contributed by atoms with Gasteiger partial charge in [-0.15, -0.1) is 0 Å². The third-order valence-electron chi connectivity index (χ3n) is 5.75. The Morgan fingerprint density at radius 2 is 1.77 bits per heavy atom. The quantitative estimate of drug-likeness (QED) is 0.560. The topological polar surface area (TPSA) is 55.6 Å². The van der Waals surface area contributed by atoms with Crippen molar-refractivity contribution >= 4 is 29.1 Å². The van der Waals surface area contributed by atoms with Crippen molar-refractivity contribution in [1.82, 2.24) is 4.90 Å². The number of nitrogens with two attached hydrogens (primary N) is 1. The Balaban J connectivity index is 1.89. The van der Waals surface area contributed by atoms with Crippen LogP contribution in [-0.2, 0) is 9.53 Å². The van der Waals surface area contributed by atoms with E-state index in [-0.39, 0.29) is 23.0 Å². The number of hydrogen-bond donors (Lipinski definition) is 1. The van der Waals surface area contributed by atoms with Crippen LogP contribution >= 0.6 is 23.2 Å². The first-order valence-electron chi connectivity index (χ1n) is 10.6. The van der Waals surface area contributed by atoms with Gasteiger partial charge in [0, 0.05) is 27.7 Å². The van der Waals surface area contributed by atoms with Gasteiger partial charge in [0.1, 0.15) is 12.1 Å². The maximum Gasteiger partial charge on any atom is 0.237 e. The van der Waals surface area contributed by atoms with E-state index in [0.29, 0.717) is 16.6 Å². The number of benzene rings is 2. The van der Waals surface area contributed by atoms with Crippen molar-refractivity contribution in [2.45, 2.75) is 64.8 Å². The summed E-state index contributed by atoms with van der Waals surface area (Å²) in [5.74, 6) is -0.368. The Morgan fingerprint density at radius 1 is 1.13 bits per heavy atom. The zero-order chi connectivity index (χ0) is 23.0. The Kier molecular flexibility index (Phi) is 7.07. The Bertz CT molecular complexity index is 925. The lowest BCUT2D eigenvalue weighted by molar-refractivity contribution is -0.174. The second-order valence-corrected chi connectivity index (χ2v) is 11.0. The van der Waals surface area contributed by atoms with Gasteiger partial charge in [0.2, 0.25) is 5.91 Å². The molecule has 1 saturated heterocycles. The van der Waals surface area contributed by atoms with E-state index in [2.05, 4.69) is 39.5 Å². The summed E-state index contributed by atoms with van der Waals surface area (Å²) in [7, 11) is 0. The van der Waals surface area contributed by atoms with E-state index in [1.165, 1.54) is 0 Å². The van der Waals surface area contributed by atoms with E-state index in [1.54, 1.807) is 12.1 Å². The SMILES string of the molecule is CC(C)(C)CC(C)(C)N1CC(OC(c2ccccc2)c2ccc(Cl)cc2Cl)C1C(N)=O. The maximum atomic E-state index is 12.4. The molecule has 3 unspecified atom stereocenters. The number of halogens is 2. The number of amides is 1. The molecule has 4 nitrogen and oxygen atoms in total. The fraction of sp³-hybridized carbons (Fsp3) is 0.480. The molecule has 6 heteroatoms. The molecule has 2 aromatic rings. The molecule has 3 atom stereocenters. The Labute approximate surface area is 195 Å². The largest absolute Gasteiger partial charge is 0.368 e. The number of rotatable bonds is 7. The minimum absolute atomic E-state index is 0.126. The molecule has 1 aliphatic heterocycles.